The van der Waals surface area contributed by atoms with Crippen molar-refractivity contribution in [2.45, 2.75) is 76.8 Å². The Balaban J connectivity index is 1.51. The predicted octanol–water partition coefficient (Wildman–Crippen LogP) is 3.66. The molecule has 24 heavy (non-hydrogen) atoms. The zero-order valence-electron chi connectivity index (χ0n) is 14.9. The van der Waals surface area contributed by atoms with Crippen molar-refractivity contribution in [2.24, 2.45) is 5.92 Å². The second-order valence-corrected chi connectivity index (χ2v) is 7.51. The summed E-state index contributed by atoms with van der Waals surface area (Å²) < 4.78 is 0. The van der Waals surface area contributed by atoms with Gasteiger partial charge in [0.05, 0.1) is 18.3 Å². The Morgan fingerprint density at radius 2 is 1.88 bits per heavy atom. The van der Waals surface area contributed by atoms with Crippen LogP contribution in [-0.4, -0.2) is 23.5 Å². The number of amides is 1. The van der Waals surface area contributed by atoms with Gasteiger partial charge in [0.15, 0.2) is 0 Å². The minimum Gasteiger partial charge on any atom is -0.352 e. The average molecular weight is 329 g/mol. The second-order valence-electron chi connectivity index (χ2n) is 7.51. The third-order valence-electron chi connectivity index (χ3n) is 5.39. The van der Waals surface area contributed by atoms with E-state index in [2.05, 4.69) is 28.6 Å². The summed E-state index contributed by atoms with van der Waals surface area (Å²) in [4.78, 5) is 16.9. The van der Waals surface area contributed by atoms with Gasteiger partial charge in [-0.15, -0.1) is 0 Å². The van der Waals surface area contributed by atoms with Crippen LogP contribution in [0.1, 0.15) is 75.1 Å². The van der Waals surface area contributed by atoms with Crippen LogP contribution in [0.15, 0.2) is 18.3 Å². The van der Waals surface area contributed by atoms with Crippen molar-refractivity contribution in [3.05, 3.63) is 29.6 Å². The molecule has 2 fully saturated rings. The van der Waals surface area contributed by atoms with Crippen molar-refractivity contribution in [3.8, 4) is 0 Å². The zero-order valence-corrected chi connectivity index (χ0v) is 14.9. The molecule has 1 aromatic rings. The van der Waals surface area contributed by atoms with Crippen LogP contribution in [0, 0.1) is 12.8 Å². The molecule has 0 spiro atoms. The molecule has 2 aliphatic rings. The predicted molar refractivity (Wildman–Crippen MR) is 96.7 cm³/mol. The van der Waals surface area contributed by atoms with Gasteiger partial charge in [0.25, 0.3) is 0 Å². The lowest BCUT2D eigenvalue weighted by Gasteiger charge is -2.23. The van der Waals surface area contributed by atoms with E-state index in [9.17, 15) is 4.79 Å². The lowest BCUT2D eigenvalue weighted by Crippen LogP contribution is -2.42. The monoisotopic (exact) mass is 329 g/mol. The molecular weight excluding hydrogens is 298 g/mol. The van der Waals surface area contributed by atoms with Gasteiger partial charge >= 0.3 is 0 Å². The third-order valence-corrected chi connectivity index (χ3v) is 5.39. The first-order chi connectivity index (χ1) is 11.7. The van der Waals surface area contributed by atoms with E-state index in [0.29, 0.717) is 18.5 Å². The fourth-order valence-electron chi connectivity index (χ4n) is 3.82. The number of hydrogen-bond acceptors (Lipinski definition) is 3. The highest BCUT2D eigenvalue weighted by atomic mass is 16.2. The minimum atomic E-state index is 0.139. The summed E-state index contributed by atoms with van der Waals surface area (Å²) >= 11 is 0. The molecule has 0 aliphatic heterocycles. The zero-order chi connectivity index (χ0) is 16.8. The third kappa shape index (κ3) is 5.04. The number of nitrogens with zero attached hydrogens (tertiary/aromatic N) is 1. The first-order valence-corrected chi connectivity index (χ1v) is 9.68. The summed E-state index contributed by atoms with van der Waals surface area (Å²) in [5, 5.41) is 6.73. The molecule has 132 valence electrons. The fraction of sp³-hybridized carbons (Fsp3) is 0.700. The molecule has 1 heterocycles. The van der Waals surface area contributed by atoms with Crippen LogP contribution in [0.2, 0.25) is 0 Å². The van der Waals surface area contributed by atoms with Crippen molar-refractivity contribution in [1.82, 2.24) is 15.6 Å². The lowest BCUT2D eigenvalue weighted by molar-refractivity contribution is -0.121. The summed E-state index contributed by atoms with van der Waals surface area (Å²) in [5.41, 5.74) is 2.32. The molecule has 3 rings (SSSR count). The van der Waals surface area contributed by atoms with Gasteiger partial charge in [-0.05, 0) is 50.2 Å². The molecule has 0 bridgehead atoms. The molecule has 0 aromatic carbocycles. The van der Waals surface area contributed by atoms with E-state index in [1.165, 1.54) is 50.5 Å². The molecule has 4 heteroatoms. The van der Waals surface area contributed by atoms with Crippen LogP contribution in [-0.2, 0) is 4.79 Å². The summed E-state index contributed by atoms with van der Waals surface area (Å²) in [5.74, 6) is 0.771. The number of pyridine rings is 1. The highest BCUT2D eigenvalue weighted by molar-refractivity contribution is 5.78. The number of carbonyl (C=O) groups is 1. The second kappa shape index (κ2) is 8.61. The molecule has 4 nitrogen and oxygen atoms in total. The summed E-state index contributed by atoms with van der Waals surface area (Å²) in [6.45, 7) is 2.50. The SMILES string of the molecule is Cc1cccnc1[C@@H](NCC(=O)NC1CCCCCCC1)C1CC1. The van der Waals surface area contributed by atoms with E-state index in [0.717, 1.165) is 18.5 Å². The Morgan fingerprint density at radius 3 is 2.54 bits per heavy atom. The maximum Gasteiger partial charge on any atom is 0.234 e. The van der Waals surface area contributed by atoms with Crippen molar-refractivity contribution < 1.29 is 4.79 Å². The van der Waals surface area contributed by atoms with E-state index in [1.807, 2.05) is 12.3 Å². The summed E-state index contributed by atoms with van der Waals surface area (Å²) in [6, 6.07) is 4.67. The fourth-order valence-corrected chi connectivity index (χ4v) is 3.82. The number of nitrogens with one attached hydrogen (secondary N) is 2. The average Bonchev–Trinajstić information content (AvgIpc) is 3.36. The Morgan fingerprint density at radius 1 is 1.17 bits per heavy atom. The number of aryl methyl sites for hydroxylation is 1. The highest BCUT2D eigenvalue weighted by Crippen LogP contribution is 2.41. The molecule has 0 radical (unpaired) electrons. The number of hydrogen-bond donors (Lipinski definition) is 2. The standard InChI is InChI=1S/C20H31N3O/c1-15-8-7-13-21-19(15)20(16-11-12-16)22-14-18(24)23-17-9-5-3-2-4-6-10-17/h7-8,13,16-17,20,22H,2-6,9-12,14H2,1H3,(H,23,24)/t20-/m0/s1. The van der Waals surface area contributed by atoms with Gasteiger partial charge in [-0.3, -0.25) is 15.1 Å². The quantitative estimate of drug-likeness (QED) is 0.837. The van der Waals surface area contributed by atoms with E-state index < -0.39 is 0 Å². The minimum absolute atomic E-state index is 0.139. The van der Waals surface area contributed by atoms with Gasteiger partial charge < -0.3 is 5.32 Å². The Labute approximate surface area is 145 Å². The van der Waals surface area contributed by atoms with Gasteiger partial charge in [0.2, 0.25) is 5.91 Å². The maximum atomic E-state index is 12.4. The lowest BCUT2D eigenvalue weighted by atomic mass is 9.97. The molecular formula is C20H31N3O. The van der Waals surface area contributed by atoms with Crippen LogP contribution < -0.4 is 10.6 Å². The highest BCUT2D eigenvalue weighted by Gasteiger charge is 2.34. The number of rotatable bonds is 6. The van der Waals surface area contributed by atoms with Crippen molar-refractivity contribution >= 4 is 5.91 Å². The van der Waals surface area contributed by atoms with E-state index in [1.54, 1.807) is 0 Å². The normalized spacial score (nSPS) is 20.9. The van der Waals surface area contributed by atoms with Crippen LogP contribution >= 0.6 is 0 Å². The molecule has 0 unspecified atom stereocenters. The van der Waals surface area contributed by atoms with E-state index >= 15 is 0 Å². The maximum absolute atomic E-state index is 12.4. The smallest absolute Gasteiger partial charge is 0.234 e. The van der Waals surface area contributed by atoms with Crippen LogP contribution in [0.5, 0.6) is 0 Å². The molecule has 2 aliphatic carbocycles. The Hall–Kier alpha value is -1.42. The number of carbonyl (C=O) groups excluding carboxylic acids is 1. The Kier molecular flexibility index (Phi) is 6.24. The van der Waals surface area contributed by atoms with Gasteiger partial charge in [0, 0.05) is 12.2 Å². The van der Waals surface area contributed by atoms with Crippen LogP contribution in [0.3, 0.4) is 0 Å². The van der Waals surface area contributed by atoms with Gasteiger partial charge in [-0.1, -0.05) is 38.2 Å². The molecule has 1 aromatic heterocycles. The molecule has 2 saturated carbocycles. The first-order valence-electron chi connectivity index (χ1n) is 9.68. The molecule has 0 saturated heterocycles. The first kappa shape index (κ1) is 17.4. The number of aromatic nitrogens is 1. The topological polar surface area (TPSA) is 54.0 Å². The van der Waals surface area contributed by atoms with Gasteiger partial charge in [-0.2, -0.15) is 0 Å². The van der Waals surface area contributed by atoms with Crippen LogP contribution in [0.25, 0.3) is 0 Å². The van der Waals surface area contributed by atoms with E-state index in [-0.39, 0.29) is 11.9 Å². The van der Waals surface area contributed by atoms with E-state index in [4.69, 9.17) is 0 Å². The van der Waals surface area contributed by atoms with Gasteiger partial charge in [0.1, 0.15) is 0 Å². The van der Waals surface area contributed by atoms with Crippen LogP contribution in [0.4, 0.5) is 0 Å². The van der Waals surface area contributed by atoms with Gasteiger partial charge in [-0.25, -0.2) is 0 Å². The summed E-state index contributed by atoms with van der Waals surface area (Å²) in [7, 11) is 0. The largest absolute Gasteiger partial charge is 0.352 e. The van der Waals surface area contributed by atoms with Crippen molar-refractivity contribution in [1.29, 1.82) is 0 Å². The molecule has 1 amide bonds. The van der Waals surface area contributed by atoms with Crippen molar-refractivity contribution in [2.75, 3.05) is 6.54 Å². The molecule has 2 N–H and O–H groups in total. The Bertz CT molecular complexity index is 533. The molecule has 1 atom stereocenters. The summed E-state index contributed by atoms with van der Waals surface area (Å²) in [6.07, 6.45) is 13.1. The van der Waals surface area contributed by atoms with Crippen molar-refractivity contribution in [3.63, 3.8) is 0 Å².